The van der Waals surface area contributed by atoms with Gasteiger partial charge in [-0.2, -0.15) is 0 Å². The number of cyclic esters (lactones) is 1. The second kappa shape index (κ2) is 7.53. The molecule has 3 rings (SSSR count). The van der Waals surface area contributed by atoms with Crippen LogP contribution in [0.15, 0.2) is 54.6 Å². The van der Waals surface area contributed by atoms with Gasteiger partial charge in [-0.25, -0.2) is 4.79 Å². The molecule has 1 heterocycles. The molecule has 1 aliphatic heterocycles. The molecule has 0 saturated carbocycles. The lowest BCUT2D eigenvalue weighted by atomic mass is 10.1. The first-order valence-corrected chi connectivity index (χ1v) is 7.95. The van der Waals surface area contributed by atoms with Crippen molar-refractivity contribution < 1.29 is 32.2 Å². The summed E-state index contributed by atoms with van der Waals surface area (Å²) in [5.41, 5.74) is 0.915. The van der Waals surface area contributed by atoms with E-state index in [4.69, 9.17) is 4.74 Å². The smallest absolute Gasteiger partial charge is 0.447 e. The van der Waals surface area contributed by atoms with E-state index in [0.29, 0.717) is 12.2 Å². The van der Waals surface area contributed by atoms with E-state index >= 15 is 0 Å². The molecule has 1 fully saturated rings. The number of allylic oxidation sites excluding steroid dienone is 1. The molecule has 1 saturated heterocycles. The van der Waals surface area contributed by atoms with Gasteiger partial charge in [0.1, 0.15) is 12.4 Å². The van der Waals surface area contributed by atoms with Crippen LogP contribution in [0.1, 0.15) is 15.9 Å². The van der Waals surface area contributed by atoms with Crippen LogP contribution in [0.2, 0.25) is 0 Å². The van der Waals surface area contributed by atoms with Gasteiger partial charge < -0.3 is 9.47 Å². The minimum absolute atomic E-state index is 0.113. The van der Waals surface area contributed by atoms with Crippen molar-refractivity contribution in [3.8, 4) is 5.75 Å². The molecule has 0 bridgehead atoms. The monoisotopic (exact) mass is 377 g/mol. The summed E-state index contributed by atoms with van der Waals surface area (Å²) in [6, 6.07) is 11.9. The number of para-hydroxylation sites is 1. The highest BCUT2D eigenvalue weighted by molar-refractivity contribution is 6.07. The molecule has 1 aliphatic rings. The Labute approximate surface area is 152 Å². The highest BCUT2D eigenvalue weighted by Crippen LogP contribution is 2.27. The average molecular weight is 377 g/mol. The molecule has 1 amide bonds. The standard InChI is InChI=1S/C19H14F3NO4/c20-19(21,22)27-17-7-2-1-4-13(17)8-9-16(24)14-5-3-6-15(12-14)23-10-11-26-18(23)25/h1-9,12H,10-11H2/b9-8+. The van der Waals surface area contributed by atoms with Gasteiger partial charge in [0.15, 0.2) is 5.78 Å². The second-order valence-corrected chi connectivity index (χ2v) is 5.60. The third kappa shape index (κ3) is 4.66. The van der Waals surface area contributed by atoms with Gasteiger partial charge in [-0.05, 0) is 30.4 Å². The Morgan fingerprint density at radius 3 is 2.63 bits per heavy atom. The number of ketones is 1. The van der Waals surface area contributed by atoms with Crippen molar-refractivity contribution in [3.05, 3.63) is 65.7 Å². The topological polar surface area (TPSA) is 55.8 Å². The maximum absolute atomic E-state index is 12.5. The molecule has 0 aromatic heterocycles. The number of halogens is 3. The van der Waals surface area contributed by atoms with Crippen molar-refractivity contribution in [2.75, 3.05) is 18.1 Å². The van der Waals surface area contributed by atoms with E-state index in [1.54, 1.807) is 18.2 Å². The van der Waals surface area contributed by atoms with Crippen LogP contribution < -0.4 is 9.64 Å². The van der Waals surface area contributed by atoms with Crippen molar-refractivity contribution in [2.24, 2.45) is 0 Å². The van der Waals surface area contributed by atoms with E-state index in [2.05, 4.69) is 4.74 Å². The molecule has 0 radical (unpaired) electrons. The largest absolute Gasteiger partial charge is 0.573 e. The molecule has 27 heavy (non-hydrogen) atoms. The molecule has 140 valence electrons. The van der Waals surface area contributed by atoms with E-state index in [-0.39, 0.29) is 17.7 Å². The number of rotatable bonds is 5. The number of anilines is 1. The van der Waals surface area contributed by atoms with Gasteiger partial charge in [-0.15, -0.1) is 13.2 Å². The highest BCUT2D eigenvalue weighted by atomic mass is 19.4. The van der Waals surface area contributed by atoms with E-state index in [1.807, 2.05) is 0 Å². The number of nitrogens with zero attached hydrogens (tertiary/aromatic N) is 1. The molecule has 2 aromatic rings. The molecule has 0 spiro atoms. The molecular formula is C19H14F3NO4. The second-order valence-electron chi connectivity index (χ2n) is 5.60. The highest BCUT2D eigenvalue weighted by Gasteiger charge is 2.31. The summed E-state index contributed by atoms with van der Waals surface area (Å²) >= 11 is 0. The van der Waals surface area contributed by atoms with Crippen LogP contribution in [0, 0.1) is 0 Å². The van der Waals surface area contributed by atoms with E-state index in [0.717, 1.165) is 12.1 Å². The lowest BCUT2D eigenvalue weighted by molar-refractivity contribution is -0.274. The first kappa shape index (κ1) is 18.5. The summed E-state index contributed by atoms with van der Waals surface area (Å²) in [6.07, 6.45) is -2.92. The Balaban J connectivity index is 1.79. The molecule has 0 N–H and O–H groups in total. The Hall–Kier alpha value is -3.29. The number of carbonyl (C=O) groups is 2. The Morgan fingerprint density at radius 2 is 1.93 bits per heavy atom. The first-order chi connectivity index (χ1) is 12.8. The zero-order valence-corrected chi connectivity index (χ0v) is 13.9. The molecular weight excluding hydrogens is 363 g/mol. The number of carbonyl (C=O) groups excluding carboxylic acids is 2. The summed E-state index contributed by atoms with van der Waals surface area (Å²) in [5.74, 6) is -0.825. The van der Waals surface area contributed by atoms with Gasteiger partial charge in [0.05, 0.1) is 6.54 Å². The van der Waals surface area contributed by atoms with Crippen LogP contribution >= 0.6 is 0 Å². The van der Waals surface area contributed by atoms with Gasteiger partial charge in [-0.1, -0.05) is 30.3 Å². The van der Waals surface area contributed by atoms with Crippen molar-refractivity contribution in [1.29, 1.82) is 0 Å². The fourth-order valence-corrected chi connectivity index (χ4v) is 2.55. The molecule has 0 aliphatic carbocycles. The number of amides is 1. The number of hydrogen-bond donors (Lipinski definition) is 0. The molecule has 8 heteroatoms. The molecule has 2 aromatic carbocycles. The summed E-state index contributed by atoms with van der Waals surface area (Å²) in [5, 5.41) is 0. The normalized spacial score (nSPS) is 14.5. The van der Waals surface area contributed by atoms with Gasteiger partial charge in [0.25, 0.3) is 0 Å². The Kier molecular flexibility index (Phi) is 5.16. The molecule has 0 atom stereocenters. The lowest BCUT2D eigenvalue weighted by Gasteiger charge is -2.13. The van der Waals surface area contributed by atoms with E-state index in [1.165, 1.54) is 35.2 Å². The van der Waals surface area contributed by atoms with Gasteiger partial charge >= 0.3 is 12.5 Å². The third-order valence-electron chi connectivity index (χ3n) is 3.76. The fourth-order valence-electron chi connectivity index (χ4n) is 2.55. The van der Waals surface area contributed by atoms with Crippen LogP contribution in [0.4, 0.5) is 23.7 Å². The van der Waals surface area contributed by atoms with Crippen molar-refractivity contribution in [1.82, 2.24) is 0 Å². The number of benzene rings is 2. The summed E-state index contributed by atoms with van der Waals surface area (Å²) in [6.45, 7) is 0.654. The van der Waals surface area contributed by atoms with Crippen molar-refractivity contribution >= 4 is 23.6 Å². The summed E-state index contributed by atoms with van der Waals surface area (Å²) < 4.78 is 46.2. The maximum Gasteiger partial charge on any atom is 0.573 e. The SMILES string of the molecule is O=C(/C=C/c1ccccc1OC(F)(F)F)c1cccc(N2CCOC2=O)c1. The maximum atomic E-state index is 12.5. The average Bonchev–Trinajstić information content (AvgIpc) is 3.05. The van der Waals surface area contributed by atoms with Crippen LogP contribution in [0.3, 0.4) is 0 Å². The number of hydrogen-bond acceptors (Lipinski definition) is 4. The Morgan fingerprint density at radius 1 is 1.15 bits per heavy atom. The lowest BCUT2D eigenvalue weighted by Crippen LogP contribution is -2.23. The minimum atomic E-state index is -4.83. The van der Waals surface area contributed by atoms with Crippen LogP contribution in [-0.4, -0.2) is 31.4 Å². The summed E-state index contributed by atoms with van der Waals surface area (Å²) in [7, 11) is 0. The molecule has 0 unspecified atom stereocenters. The number of alkyl halides is 3. The predicted octanol–water partition coefficient (Wildman–Crippen LogP) is 4.44. The zero-order valence-electron chi connectivity index (χ0n) is 13.9. The van der Waals surface area contributed by atoms with Crippen LogP contribution in [0.5, 0.6) is 5.75 Å². The van der Waals surface area contributed by atoms with Gasteiger partial charge in [-0.3, -0.25) is 9.69 Å². The van der Waals surface area contributed by atoms with Gasteiger partial charge in [0, 0.05) is 16.8 Å². The third-order valence-corrected chi connectivity index (χ3v) is 3.76. The number of ether oxygens (including phenoxy) is 2. The van der Waals surface area contributed by atoms with E-state index in [9.17, 15) is 22.8 Å². The minimum Gasteiger partial charge on any atom is -0.447 e. The molecule has 5 nitrogen and oxygen atoms in total. The van der Waals surface area contributed by atoms with Crippen molar-refractivity contribution in [3.63, 3.8) is 0 Å². The predicted molar refractivity (Wildman–Crippen MR) is 91.6 cm³/mol. The summed E-state index contributed by atoms with van der Waals surface area (Å²) in [4.78, 5) is 25.4. The van der Waals surface area contributed by atoms with E-state index < -0.39 is 24.0 Å². The Bertz CT molecular complexity index is 893. The fraction of sp³-hybridized carbons (Fsp3) is 0.158. The van der Waals surface area contributed by atoms with Crippen molar-refractivity contribution in [2.45, 2.75) is 6.36 Å². The quantitative estimate of drug-likeness (QED) is 0.571. The first-order valence-electron chi connectivity index (χ1n) is 7.95. The van der Waals surface area contributed by atoms with Crippen LogP contribution in [-0.2, 0) is 4.74 Å². The van der Waals surface area contributed by atoms with Gasteiger partial charge in [0.2, 0.25) is 0 Å². The zero-order chi connectivity index (χ0) is 19.4. The van der Waals surface area contributed by atoms with Crippen LogP contribution in [0.25, 0.3) is 6.08 Å².